The third-order valence-corrected chi connectivity index (χ3v) is 5.47. The van der Waals surface area contributed by atoms with Gasteiger partial charge in [0.2, 0.25) is 10.0 Å². The van der Waals surface area contributed by atoms with Crippen LogP contribution in [0, 0.1) is 0 Å². The molecule has 1 aliphatic heterocycles. The average molecular weight is 416 g/mol. The summed E-state index contributed by atoms with van der Waals surface area (Å²) < 4.78 is 38.4. The number of rotatable bonds is 6. The van der Waals surface area contributed by atoms with Crippen LogP contribution in [0.3, 0.4) is 0 Å². The Morgan fingerprint density at radius 3 is 2.55 bits per heavy atom. The van der Waals surface area contributed by atoms with E-state index in [2.05, 4.69) is 26.0 Å². The molecule has 0 radical (unpaired) electrons. The summed E-state index contributed by atoms with van der Waals surface area (Å²) in [7, 11) is -0.696. The van der Waals surface area contributed by atoms with Gasteiger partial charge in [-0.15, -0.1) is 12.4 Å². The summed E-state index contributed by atoms with van der Waals surface area (Å²) in [4.78, 5) is 0.0932. The SMILES string of the molecule is COc1cc(OC)c(S(=O)(=O)NCC2CCCN2)cc1Br.Cl. The van der Waals surface area contributed by atoms with E-state index in [0.29, 0.717) is 16.8 Å². The van der Waals surface area contributed by atoms with Gasteiger partial charge in [-0.2, -0.15) is 0 Å². The van der Waals surface area contributed by atoms with Crippen molar-refractivity contribution in [1.29, 1.82) is 0 Å². The zero-order valence-corrected chi connectivity index (χ0v) is 15.6. The van der Waals surface area contributed by atoms with E-state index < -0.39 is 10.0 Å². The second kappa shape index (κ2) is 8.35. The molecule has 0 aromatic heterocycles. The van der Waals surface area contributed by atoms with Crippen LogP contribution >= 0.6 is 28.3 Å². The lowest BCUT2D eigenvalue weighted by molar-refractivity contribution is 0.384. The molecule has 126 valence electrons. The van der Waals surface area contributed by atoms with Gasteiger partial charge in [0.1, 0.15) is 16.4 Å². The molecule has 0 aliphatic carbocycles. The van der Waals surface area contributed by atoms with E-state index in [0.717, 1.165) is 19.4 Å². The molecule has 1 aromatic rings. The third kappa shape index (κ3) is 4.48. The lowest BCUT2D eigenvalue weighted by Gasteiger charge is -2.15. The van der Waals surface area contributed by atoms with Crippen molar-refractivity contribution in [3.05, 3.63) is 16.6 Å². The van der Waals surface area contributed by atoms with Crippen LogP contribution in [0.5, 0.6) is 11.5 Å². The Balaban J connectivity index is 0.00000242. The number of ether oxygens (including phenoxy) is 2. The zero-order valence-electron chi connectivity index (χ0n) is 12.4. The van der Waals surface area contributed by atoms with Crippen LogP contribution in [-0.2, 0) is 10.0 Å². The first-order valence-corrected chi connectivity index (χ1v) is 8.90. The van der Waals surface area contributed by atoms with Gasteiger partial charge in [0.15, 0.2) is 0 Å². The van der Waals surface area contributed by atoms with Crippen molar-refractivity contribution in [2.24, 2.45) is 0 Å². The van der Waals surface area contributed by atoms with Crippen LogP contribution in [0.1, 0.15) is 12.8 Å². The van der Waals surface area contributed by atoms with E-state index in [-0.39, 0.29) is 29.1 Å². The number of nitrogens with one attached hydrogen (secondary N) is 2. The normalized spacial score (nSPS) is 17.9. The number of hydrogen-bond acceptors (Lipinski definition) is 5. The van der Waals surface area contributed by atoms with E-state index in [1.54, 1.807) is 6.07 Å². The maximum atomic E-state index is 12.4. The molecule has 0 spiro atoms. The molecule has 1 saturated heterocycles. The zero-order chi connectivity index (χ0) is 15.5. The molecule has 1 aliphatic rings. The number of hydrogen-bond donors (Lipinski definition) is 2. The quantitative estimate of drug-likeness (QED) is 0.742. The maximum absolute atomic E-state index is 12.4. The van der Waals surface area contributed by atoms with Gasteiger partial charge in [-0.3, -0.25) is 0 Å². The number of halogens is 2. The Morgan fingerprint density at radius 1 is 1.32 bits per heavy atom. The summed E-state index contributed by atoms with van der Waals surface area (Å²) in [6.07, 6.45) is 2.05. The molecule has 1 fully saturated rings. The van der Waals surface area contributed by atoms with E-state index in [1.165, 1.54) is 20.3 Å². The molecular formula is C13H20BrClN2O4S. The lowest BCUT2D eigenvalue weighted by atomic mass is 10.2. The fourth-order valence-corrected chi connectivity index (χ4v) is 4.17. The van der Waals surface area contributed by atoms with Crippen LogP contribution in [0.2, 0.25) is 0 Å². The number of methoxy groups -OCH3 is 2. The van der Waals surface area contributed by atoms with Gasteiger partial charge in [0.05, 0.1) is 18.7 Å². The molecule has 22 heavy (non-hydrogen) atoms. The second-order valence-corrected chi connectivity index (χ2v) is 7.37. The summed E-state index contributed by atoms with van der Waals surface area (Å²) in [5.41, 5.74) is 0. The predicted octanol–water partition coefficient (Wildman–Crippen LogP) is 1.92. The lowest BCUT2D eigenvalue weighted by Crippen LogP contribution is -2.37. The standard InChI is InChI=1S/C13H19BrN2O4S.ClH/c1-19-11-7-12(20-2)13(6-10(11)14)21(17,18)16-8-9-4-3-5-15-9;/h6-7,9,15-16H,3-5,8H2,1-2H3;1H. The molecule has 1 aromatic carbocycles. The largest absolute Gasteiger partial charge is 0.495 e. The van der Waals surface area contributed by atoms with Crippen LogP contribution in [0.25, 0.3) is 0 Å². The van der Waals surface area contributed by atoms with E-state index in [9.17, 15) is 8.42 Å². The van der Waals surface area contributed by atoms with Gasteiger partial charge in [0, 0.05) is 18.7 Å². The van der Waals surface area contributed by atoms with Crippen LogP contribution < -0.4 is 19.5 Å². The molecule has 0 saturated carbocycles. The van der Waals surface area contributed by atoms with Crippen molar-refractivity contribution in [3.8, 4) is 11.5 Å². The summed E-state index contributed by atoms with van der Waals surface area (Å²) in [6.45, 7) is 1.30. The minimum absolute atomic E-state index is 0. The highest BCUT2D eigenvalue weighted by Gasteiger charge is 2.24. The van der Waals surface area contributed by atoms with Crippen molar-refractivity contribution in [2.45, 2.75) is 23.8 Å². The Hall–Kier alpha value is -0.540. The second-order valence-electron chi connectivity index (χ2n) is 4.78. The summed E-state index contributed by atoms with van der Waals surface area (Å²) >= 11 is 3.30. The van der Waals surface area contributed by atoms with Crippen molar-refractivity contribution < 1.29 is 17.9 Å². The van der Waals surface area contributed by atoms with Gasteiger partial charge in [-0.25, -0.2) is 13.1 Å². The number of benzene rings is 1. The first-order chi connectivity index (χ1) is 9.97. The van der Waals surface area contributed by atoms with Crippen LogP contribution in [0.4, 0.5) is 0 Å². The minimum atomic E-state index is -3.64. The number of sulfonamides is 1. The highest BCUT2D eigenvalue weighted by molar-refractivity contribution is 9.10. The molecule has 1 unspecified atom stereocenters. The predicted molar refractivity (Wildman–Crippen MR) is 90.7 cm³/mol. The Kier molecular flexibility index (Phi) is 7.40. The van der Waals surface area contributed by atoms with Gasteiger partial charge in [0.25, 0.3) is 0 Å². The maximum Gasteiger partial charge on any atom is 0.244 e. The van der Waals surface area contributed by atoms with Gasteiger partial charge < -0.3 is 14.8 Å². The topological polar surface area (TPSA) is 76.7 Å². The fourth-order valence-electron chi connectivity index (χ4n) is 2.26. The Bertz CT molecular complexity index is 606. The van der Waals surface area contributed by atoms with Crippen molar-refractivity contribution >= 4 is 38.4 Å². The molecule has 1 atom stereocenters. The molecule has 2 N–H and O–H groups in total. The molecule has 6 nitrogen and oxygen atoms in total. The van der Waals surface area contributed by atoms with Crippen LogP contribution in [0.15, 0.2) is 21.5 Å². The third-order valence-electron chi connectivity index (χ3n) is 3.41. The van der Waals surface area contributed by atoms with E-state index in [1.807, 2.05) is 0 Å². The summed E-state index contributed by atoms with van der Waals surface area (Å²) in [5.74, 6) is 0.769. The molecule has 0 amide bonds. The minimum Gasteiger partial charge on any atom is -0.495 e. The van der Waals surface area contributed by atoms with Crippen molar-refractivity contribution in [2.75, 3.05) is 27.3 Å². The summed E-state index contributed by atoms with van der Waals surface area (Å²) in [5, 5.41) is 3.25. The molecular weight excluding hydrogens is 396 g/mol. The summed E-state index contributed by atoms with van der Waals surface area (Å²) in [6, 6.07) is 3.22. The van der Waals surface area contributed by atoms with Gasteiger partial charge >= 0.3 is 0 Å². The molecule has 9 heteroatoms. The molecule has 0 bridgehead atoms. The van der Waals surface area contributed by atoms with E-state index in [4.69, 9.17) is 9.47 Å². The Labute approximate surface area is 145 Å². The smallest absolute Gasteiger partial charge is 0.244 e. The highest BCUT2D eigenvalue weighted by atomic mass is 79.9. The molecule has 2 rings (SSSR count). The highest BCUT2D eigenvalue weighted by Crippen LogP contribution is 2.35. The first kappa shape index (κ1) is 19.5. The Morgan fingerprint density at radius 2 is 2.00 bits per heavy atom. The monoisotopic (exact) mass is 414 g/mol. The first-order valence-electron chi connectivity index (χ1n) is 6.62. The molecule has 1 heterocycles. The van der Waals surface area contributed by atoms with Crippen molar-refractivity contribution in [1.82, 2.24) is 10.0 Å². The van der Waals surface area contributed by atoms with E-state index >= 15 is 0 Å². The van der Waals surface area contributed by atoms with Crippen LogP contribution in [-0.4, -0.2) is 41.8 Å². The van der Waals surface area contributed by atoms with Crippen molar-refractivity contribution in [3.63, 3.8) is 0 Å². The average Bonchev–Trinajstić information content (AvgIpc) is 2.98. The van der Waals surface area contributed by atoms with Gasteiger partial charge in [-0.1, -0.05) is 0 Å². The van der Waals surface area contributed by atoms with Gasteiger partial charge in [-0.05, 0) is 41.4 Å². The fraction of sp³-hybridized carbons (Fsp3) is 0.538.